The molecule has 0 bridgehead atoms. The second kappa shape index (κ2) is 11.3. The predicted molar refractivity (Wildman–Crippen MR) is 65.8 cm³/mol. The van der Waals surface area contributed by atoms with Gasteiger partial charge < -0.3 is 6.42 Å². The summed E-state index contributed by atoms with van der Waals surface area (Å²) < 4.78 is 29.2. The van der Waals surface area contributed by atoms with E-state index in [1.165, 1.54) is 17.7 Å². The minimum absolute atomic E-state index is 0. The van der Waals surface area contributed by atoms with E-state index in [-0.39, 0.29) is 34.5 Å². The minimum atomic E-state index is -4.00. The van der Waals surface area contributed by atoms with E-state index in [9.17, 15) is 8.42 Å². The van der Waals surface area contributed by atoms with Crippen LogP contribution in [-0.4, -0.2) is 13.0 Å². The van der Waals surface area contributed by atoms with Crippen molar-refractivity contribution in [1.82, 2.24) is 0 Å². The first kappa shape index (κ1) is 19.5. The first-order valence-electron chi connectivity index (χ1n) is 4.58. The molecule has 0 saturated heterocycles. The Bertz CT molecular complexity index is 404. The average Bonchev–Trinajstić information content (AvgIpc) is 2.27. The Labute approximate surface area is 130 Å². The molecule has 0 unspecified atom stereocenters. The Balaban J connectivity index is 0. The number of allylic oxidation sites excluding steroid dienone is 1. The molecule has 3 nitrogen and oxygen atoms in total. The van der Waals surface area contributed by atoms with Crippen LogP contribution in [0.5, 0.6) is 0 Å². The first-order valence-corrected chi connectivity index (χ1v) is 6.45. The largest absolute Gasteiger partial charge is 1.00 e. The summed E-state index contributed by atoms with van der Waals surface area (Å²) in [4.78, 5) is -0.0741. The third-order valence-corrected chi connectivity index (χ3v) is 2.55. The van der Waals surface area contributed by atoms with Gasteiger partial charge in [-0.2, -0.15) is 21.8 Å². The van der Waals surface area contributed by atoms with Gasteiger partial charge >= 0.3 is 29.6 Å². The summed E-state index contributed by atoms with van der Waals surface area (Å²) >= 11 is 5.18. The number of hydrogen-bond acceptors (Lipinski definition) is 2. The van der Waals surface area contributed by atoms with Gasteiger partial charge in [-0.15, -0.1) is 6.08 Å². The van der Waals surface area contributed by atoms with E-state index in [0.717, 1.165) is 6.42 Å². The topological polar surface area (TPSA) is 54.4 Å². The molecule has 1 N–H and O–H groups in total. The maximum atomic E-state index is 10.4. The van der Waals surface area contributed by atoms with Crippen LogP contribution in [0.2, 0.25) is 0 Å². The Morgan fingerprint density at radius 1 is 1.35 bits per heavy atom. The van der Waals surface area contributed by atoms with E-state index in [0.29, 0.717) is 0 Å². The molecule has 0 fully saturated rings. The van der Waals surface area contributed by atoms with Crippen LogP contribution < -0.4 is 29.6 Å². The van der Waals surface area contributed by atoms with Gasteiger partial charge in [-0.3, -0.25) is 4.55 Å². The molecule has 0 aliphatic rings. The van der Waals surface area contributed by atoms with E-state index in [1.807, 2.05) is 19.4 Å². The van der Waals surface area contributed by atoms with Gasteiger partial charge in [0, 0.05) is 0 Å². The fraction of sp³-hybridized carbons (Fsp3) is 0.182. The molecule has 0 amide bonds. The molecule has 6 heteroatoms. The summed E-state index contributed by atoms with van der Waals surface area (Å²) in [7, 11) is -4.00. The summed E-state index contributed by atoms with van der Waals surface area (Å²) in [6, 6.07) is 7.42. The standard InChI is InChI=1S/C6H6O3S.C5H8Cl.Na/c7-10(8,9)6-4-2-1-3-5-6;1-2-3-4-5-6;/h1-5H,(H,7,8,9);2,4-5H,3H2,1H3;/q;-1;+1. The third-order valence-electron chi connectivity index (χ3n) is 1.50. The number of unbranched alkanes of at least 4 members (excludes halogenated alkanes) is 1. The normalized spacial score (nSPS) is 10.3. The smallest absolute Gasteiger partial charge is 0.328 e. The molecule has 1 rings (SSSR count). The Morgan fingerprint density at radius 2 is 1.88 bits per heavy atom. The number of halogens is 1. The van der Waals surface area contributed by atoms with Gasteiger partial charge in [0.15, 0.2) is 0 Å². The van der Waals surface area contributed by atoms with Crippen LogP contribution in [0.1, 0.15) is 13.3 Å². The molecule has 0 saturated carbocycles. The van der Waals surface area contributed by atoms with Crippen LogP contribution in [0.15, 0.2) is 46.8 Å². The number of hydrogen-bond donors (Lipinski definition) is 1. The van der Waals surface area contributed by atoms with E-state index in [2.05, 4.69) is 0 Å². The third kappa shape index (κ3) is 11.0. The van der Waals surface area contributed by atoms with Crippen LogP contribution >= 0.6 is 11.6 Å². The fourth-order valence-electron chi connectivity index (χ4n) is 0.780. The number of rotatable bonds is 3. The van der Waals surface area contributed by atoms with E-state index >= 15 is 0 Å². The molecule has 17 heavy (non-hydrogen) atoms. The molecule has 1 aromatic rings. The van der Waals surface area contributed by atoms with Gasteiger partial charge in [0.2, 0.25) is 0 Å². The number of benzene rings is 1. The Hall–Kier alpha value is 0.160. The zero-order chi connectivity index (χ0) is 12.4. The van der Waals surface area contributed by atoms with Crippen LogP contribution in [0.25, 0.3) is 0 Å². The molecule has 90 valence electrons. The molecule has 1 aromatic carbocycles. The minimum Gasteiger partial charge on any atom is -0.328 e. The zero-order valence-electron chi connectivity index (χ0n) is 9.88. The van der Waals surface area contributed by atoms with Crippen molar-refractivity contribution in [2.75, 3.05) is 0 Å². The van der Waals surface area contributed by atoms with Crippen molar-refractivity contribution in [2.24, 2.45) is 0 Å². The summed E-state index contributed by atoms with van der Waals surface area (Å²) in [6.07, 6.45) is 4.91. The van der Waals surface area contributed by atoms with Crippen LogP contribution in [0.3, 0.4) is 0 Å². The fourth-order valence-corrected chi connectivity index (χ4v) is 1.38. The second-order valence-electron chi connectivity index (χ2n) is 2.79. The van der Waals surface area contributed by atoms with Crippen LogP contribution in [0.4, 0.5) is 0 Å². The summed E-state index contributed by atoms with van der Waals surface area (Å²) in [6.45, 7) is 2.00. The Morgan fingerprint density at radius 3 is 2.12 bits per heavy atom. The Kier molecular flexibility index (Phi) is 12.9. The monoisotopic (exact) mass is 284 g/mol. The van der Waals surface area contributed by atoms with Gasteiger partial charge in [0.1, 0.15) is 0 Å². The maximum absolute atomic E-state index is 10.4. The predicted octanol–water partition coefficient (Wildman–Crippen LogP) is 0.290. The van der Waals surface area contributed by atoms with Gasteiger partial charge in [-0.05, 0) is 17.7 Å². The quantitative estimate of drug-likeness (QED) is 0.493. The molecule has 0 aliphatic heterocycles. The molecular formula is C11H14ClNaO3S. The second-order valence-corrected chi connectivity index (χ2v) is 4.47. The average molecular weight is 285 g/mol. The molecule has 0 radical (unpaired) electrons. The summed E-state index contributed by atoms with van der Waals surface area (Å²) in [5.41, 5.74) is 1.53. The van der Waals surface area contributed by atoms with E-state index in [4.69, 9.17) is 16.2 Å². The van der Waals surface area contributed by atoms with E-state index < -0.39 is 10.1 Å². The van der Waals surface area contributed by atoms with Crippen molar-refractivity contribution in [3.63, 3.8) is 0 Å². The summed E-state index contributed by atoms with van der Waals surface area (Å²) in [5.74, 6) is 0. The van der Waals surface area contributed by atoms with Crippen molar-refractivity contribution in [3.8, 4) is 0 Å². The van der Waals surface area contributed by atoms with Crippen LogP contribution in [-0.2, 0) is 10.1 Å². The molecule has 0 atom stereocenters. The summed E-state index contributed by atoms with van der Waals surface area (Å²) in [5, 5.41) is 0. The molecular weight excluding hydrogens is 271 g/mol. The molecule has 0 aliphatic carbocycles. The first-order chi connectivity index (χ1) is 7.52. The maximum Gasteiger partial charge on any atom is 1.00 e. The zero-order valence-corrected chi connectivity index (χ0v) is 13.4. The van der Waals surface area contributed by atoms with Crippen molar-refractivity contribution in [1.29, 1.82) is 0 Å². The SMILES string of the molecule is C[CH-]CC=CCl.O=S(=O)(O)c1ccccc1.[Na+]. The van der Waals surface area contributed by atoms with Crippen molar-refractivity contribution >= 4 is 21.7 Å². The van der Waals surface area contributed by atoms with Crippen molar-refractivity contribution in [3.05, 3.63) is 48.4 Å². The van der Waals surface area contributed by atoms with Crippen LogP contribution in [0, 0.1) is 6.42 Å². The van der Waals surface area contributed by atoms with Gasteiger partial charge in [0.25, 0.3) is 10.1 Å². The van der Waals surface area contributed by atoms with E-state index in [1.54, 1.807) is 18.2 Å². The van der Waals surface area contributed by atoms with Crippen molar-refractivity contribution < 1.29 is 42.5 Å². The van der Waals surface area contributed by atoms with Gasteiger partial charge in [-0.25, -0.2) is 0 Å². The molecule has 0 spiro atoms. The van der Waals surface area contributed by atoms with Gasteiger partial charge in [0.05, 0.1) is 4.90 Å². The molecule has 0 heterocycles. The molecule has 0 aromatic heterocycles. The van der Waals surface area contributed by atoms with Gasteiger partial charge in [-0.1, -0.05) is 29.8 Å². The van der Waals surface area contributed by atoms with Crippen molar-refractivity contribution in [2.45, 2.75) is 18.2 Å².